The van der Waals surface area contributed by atoms with Crippen LogP contribution < -0.4 is 11.1 Å². The van der Waals surface area contributed by atoms with E-state index in [0.717, 1.165) is 18.8 Å². The molecular weight excluding hydrogens is 206 g/mol. The number of primary amides is 1. The number of nitrogens with one attached hydrogen (secondary N) is 1. The molecule has 6 heteroatoms. The van der Waals surface area contributed by atoms with Crippen molar-refractivity contribution in [3.05, 3.63) is 24.3 Å². The Morgan fingerprint density at radius 1 is 1.69 bits per heavy atom. The molecule has 0 aromatic carbocycles. The summed E-state index contributed by atoms with van der Waals surface area (Å²) in [5.74, 6) is -0.291. The molecule has 6 nitrogen and oxygen atoms in total. The number of hydrogen-bond donors (Lipinski definition) is 2. The summed E-state index contributed by atoms with van der Waals surface area (Å²) in [5.41, 5.74) is 6.26. The lowest BCUT2D eigenvalue weighted by Gasteiger charge is -2.33. The predicted molar refractivity (Wildman–Crippen MR) is 58.3 cm³/mol. The fraction of sp³-hybridized carbons (Fsp3) is 0.500. The van der Waals surface area contributed by atoms with Crippen molar-refractivity contribution in [1.29, 1.82) is 0 Å². The Balaban J connectivity index is 2.04. The first-order valence-electron chi connectivity index (χ1n) is 5.26. The van der Waals surface area contributed by atoms with Crippen molar-refractivity contribution in [2.75, 3.05) is 19.6 Å². The second-order valence-corrected chi connectivity index (χ2v) is 3.79. The summed E-state index contributed by atoms with van der Waals surface area (Å²) >= 11 is 0. The zero-order valence-corrected chi connectivity index (χ0v) is 8.97. The molecule has 3 N–H and O–H groups in total. The number of nitrogens with zero attached hydrogens (tertiary/aromatic N) is 3. The highest BCUT2D eigenvalue weighted by Crippen LogP contribution is 2.07. The van der Waals surface area contributed by atoms with Gasteiger partial charge in [-0.1, -0.05) is 0 Å². The minimum atomic E-state index is -0.291. The highest BCUT2D eigenvalue weighted by molar-refractivity contribution is 5.80. The SMILES string of the molecule is NC(=O)C1CNCCN1Cc1ccncn1. The Hall–Kier alpha value is -1.53. The molecule has 1 aromatic rings. The highest BCUT2D eigenvalue weighted by atomic mass is 16.1. The van der Waals surface area contributed by atoms with Crippen LogP contribution in [0.1, 0.15) is 5.69 Å². The van der Waals surface area contributed by atoms with E-state index in [1.165, 1.54) is 6.33 Å². The molecule has 0 saturated carbocycles. The molecule has 0 spiro atoms. The van der Waals surface area contributed by atoms with Crippen molar-refractivity contribution in [3.63, 3.8) is 0 Å². The Labute approximate surface area is 93.9 Å². The quantitative estimate of drug-likeness (QED) is 0.665. The molecule has 1 aliphatic rings. The van der Waals surface area contributed by atoms with Crippen molar-refractivity contribution < 1.29 is 4.79 Å². The number of aromatic nitrogens is 2. The first-order valence-corrected chi connectivity index (χ1v) is 5.26. The molecular formula is C10H15N5O. The normalized spacial score (nSPS) is 21.9. The topological polar surface area (TPSA) is 84.1 Å². The molecule has 1 aromatic heterocycles. The van der Waals surface area contributed by atoms with E-state index in [-0.39, 0.29) is 11.9 Å². The van der Waals surface area contributed by atoms with Crippen LogP contribution in [0.2, 0.25) is 0 Å². The molecule has 0 bridgehead atoms. The Bertz CT molecular complexity index is 355. The van der Waals surface area contributed by atoms with Crippen molar-refractivity contribution in [1.82, 2.24) is 20.2 Å². The van der Waals surface area contributed by atoms with Crippen LogP contribution in [0.3, 0.4) is 0 Å². The number of nitrogens with two attached hydrogens (primary N) is 1. The number of amides is 1. The Morgan fingerprint density at radius 3 is 3.25 bits per heavy atom. The van der Waals surface area contributed by atoms with Crippen LogP contribution in [0.25, 0.3) is 0 Å². The van der Waals surface area contributed by atoms with Crippen LogP contribution in [0.4, 0.5) is 0 Å². The molecule has 1 amide bonds. The van der Waals surface area contributed by atoms with Gasteiger partial charge in [0, 0.05) is 32.4 Å². The fourth-order valence-electron chi connectivity index (χ4n) is 1.84. The Morgan fingerprint density at radius 2 is 2.56 bits per heavy atom. The first kappa shape index (κ1) is 11.0. The van der Waals surface area contributed by atoms with Gasteiger partial charge in [0.25, 0.3) is 0 Å². The van der Waals surface area contributed by atoms with Gasteiger partial charge in [0.1, 0.15) is 12.4 Å². The maximum Gasteiger partial charge on any atom is 0.236 e. The van der Waals surface area contributed by atoms with E-state index in [1.54, 1.807) is 6.20 Å². The van der Waals surface area contributed by atoms with Gasteiger partial charge in [-0.2, -0.15) is 0 Å². The monoisotopic (exact) mass is 221 g/mol. The maximum absolute atomic E-state index is 11.3. The van der Waals surface area contributed by atoms with E-state index in [0.29, 0.717) is 13.1 Å². The average molecular weight is 221 g/mol. The first-order chi connectivity index (χ1) is 7.77. The summed E-state index contributed by atoms with van der Waals surface area (Å²) in [6.07, 6.45) is 3.21. The van der Waals surface area contributed by atoms with Crippen LogP contribution in [-0.2, 0) is 11.3 Å². The fourth-order valence-corrected chi connectivity index (χ4v) is 1.84. The average Bonchev–Trinajstić information content (AvgIpc) is 2.31. The standard InChI is InChI=1S/C10H15N5O/c11-10(16)9-5-12-3-4-15(9)6-8-1-2-13-7-14-8/h1-2,7,9,12H,3-6H2,(H2,11,16). The van der Waals surface area contributed by atoms with Crippen LogP contribution in [0.15, 0.2) is 18.6 Å². The lowest BCUT2D eigenvalue weighted by Crippen LogP contribution is -2.56. The summed E-state index contributed by atoms with van der Waals surface area (Å²) < 4.78 is 0. The summed E-state index contributed by atoms with van der Waals surface area (Å²) in [6.45, 7) is 2.92. The second kappa shape index (κ2) is 5.00. The molecule has 1 saturated heterocycles. The third-order valence-electron chi connectivity index (χ3n) is 2.69. The van der Waals surface area contributed by atoms with Crippen LogP contribution in [-0.4, -0.2) is 46.5 Å². The van der Waals surface area contributed by atoms with Crippen molar-refractivity contribution >= 4 is 5.91 Å². The molecule has 16 heavy (non-hydrogen) atoms. The number of piperazine rings is 1. The number of carbonyl (C=O) groups is 1. The summed E-state index contributed by atoms with van der Waals surface area (Å²) in [7, 11) is 0. The van der Waals surface area contributed by atoms with Gasteiger partial charge < -0.3 is 11.1 Å². The van der Waals surface area contributed by atoms with Crippen molar-refractivity contribution in [3.8, 4) is 0 Å². The zero-order chi connectivity index (χ0) is 11.4. The molecule has 1 unspecified atom stereocenters. The lowest BCUT2D eigenvalue weighted by atomic mass is 10.1. The van der Waals surface area contributed by atoms with Gasteiger partial charge in [0.15, 0.2) is 0 Å². The van der Waals surface area contributed by atoms with Gasteiger partial charge >= 0.3 is 0 Å². The van der Waals surface area contributed by atoms with Gasteiger partial charge in [-0.3, -0.25) is 9.69 Å². The third-order valence-corrected chi connectivity index (χ3v) is 2.69. The minimum Gasteiger partial charge on any atom is -0.368 e. The molecule has 1 fully saturated rings. The molecule has 0 aliphatic carbocycles. The van der Waals surface area contributed by atoms with Gasteiger partial charge in [-0.25, -0.2) is 9.97 Å². The van der Waals surface area contributed by atoms with E-state index < -0.39 is 0 Å². The predicted octanol–water partition coefficient (Wildman–Crippen LogP) is -1.26. The number of carbonyl (C=O) groups excluding carboxylic acids is 1. The summed E-state index contributed by atoms with van der Waals surface area (Å²) in [6, 6.07) is 1.60. The van der Waals surface area contributed by atoms with E-state index in [1.807, 2.05) is 11.0 Å². The van der Waals surface area contributed by atoms with Gasteiger partial charge in [0.2, 0.25) is 5.91 Å². The van der Waals surface area contributed by atoms with Crippen LogP contribution >= 0.6 is 0 Å². The molecule has 86 valence electrons. The van der Waals surface area contributed by atoms with Crippen LogP contribution in [0.5, 0.6) is 0 Å². The third kappa shape index (κ3) is 2.53. The maximum atomic E-state index is 11.3. The van der Waals surface area contributed by atoms with Crippen molar-refractivity contribution in [2.45, 2.75) is 12.6 Å². The summed E-state index contributed by atoms with van der Waals surface area (Å²) in [5, 5.41) is 3.16. The largest absolute Gasteiger partial charge is 0.368 e. The van der Waals surface area contributed by atoms with Gasteiger partial charge in [0.05, 0.1) is 5.69 Å². The molecule has 2 rings (SSSR count). The van der Waals surface area contributed by atoms with Gasteiger partial charge in [-0.15, -0.1) is 0 Å². The molecule has 1 atom stereocenters. The lowest BCUT2D eigenvalue weighted by molar-refractivity contribution is -0.124. The molecule has 0 radical (unpaired) electrons. The van der Waals surface area contributed by atoms with E-state index in [4.69, 9.17) is 5.73 Å². The number of rotatable bonds is 3. The summed E-state index contributed by atoms with van der Waals surface area (Å²) in [4.78, 5) is 21.3. The highest BCUT2D eigenvalue weighted by Gasteiger charge is 2.26. The second-order valence-electron chi connectivity index (χ2n) is 3.79. The van der Waals surface area contributed by atoms with Crippen molar-refractivity contribution in [2.24, 2.45) is 5.73 Å². The smallest absolute Gasteiger partial charge is 0.236 e. The zero-order valence-electron chi connectivity index (χ0n) is 8.97. The van der Waals surface area contributed by atoms with Crippen LogP contribution in [0, 0.1) is 0 Å². The van der Waals surface area contributed by atoms with E-state index in [9.17, 15) is 4.79 Å². The van der Waals surface area contributed by atoms with E-state index >= 15 is 0 Å². The Kier molecular flexibility index (Phi) is 3.43. The molecule has 2 heterocycles. The van der Waals surface area contributed by atoms with E-state index in [2.05, 4.69) is 15.3 Å². The number of hydrogen-bond acceptors (Lipinski definition) is 5. The minimum absolute atomic E-state index is 0.247. The molecule has 1 aliphatic heterocycles. The van der Waals surface area contributed by atoms with Gasteiger partial charge in [-0.05, 0) is 6.07 Å².